The Kier molecular flexibility index (Phi) is 15.7. The van der Waals surface area contributed by atoms with E-state index >= 15 is 0 Å². The largest absolute Gasteiger partial charge is 0.456 e. The van der Waals surface area contributed by atoms with Gasteiger partial charge >= 0.3 is 0 Å². The summed E-state index contributed by atoms with van der Waals surface area (Å²) in [6, 6.07) is 148. The molecule has 7 aromatic heterocycles. The number of para-hydroxylation sites is 9. The van der Waals surface area contributed by atoms with E-state index in [0.29, 0.717) is 17.5 Å². The van der Waals surface area contributed by atoms with Crippen LogP contribution in [-0.2, 0) is 0 Å². The van der Waals surface area contributed by atoms with E-state index in [1.165, 1.54) is 0 Å². The summed E-state index contributed by atoms with van der Waals surface area (Å²) in [6.45, 7) is 0. The van der Waals surface area contributed by atoms with Gasteiger partial charge in [-0.3, -0.25) is 0 Å². The lowest BCUT2D eigenvalue weighted by Crippen LogP contribution is -2.11. The Morgan fingerprint density at radius 1 is 0.163 bits per heavy atom. The predicted octanol–water partition coefficient (Wildman–Crippen LogP) is 30.3. The normalized spacial score (nSPS) is 11.9. The molecule has 0 saturated heterocycles. The molecule has 0 aliphatic carbocycles. The highest BCUT2D eigenvalue weighted by atomic mass is 16.3. The molecule has 0 unspecified atom stereocenters. The lowest BCUT2D eigenvalue weighted by molar-refractivity contribution is 0.668. The van der Waals surface area contributed by atoms with Crippen molar-refractivity contribution in [2.75, 3.05) is 14.7 Å². The molecule has 0 atom stereocenters. The minimum Gasteiger partial charge on any atom is -0.456 e. The van der Waals surface area contributed by atoms with Crippen LogP contribution in [0.1, 0.15) is 0 Å². The Bertz CT molecular complexity index is 7770. The summed E-state index contributed by atoms with van der Waals surface area (Å²) < 4.78 is 27.2. The Hall–Kier alpha value is -16.8. The third-order valence-corrected chi connectivity index (χ3v) is 24.4. The number of fused-ring (bicyclic) bond motifs is 18. The van der Waals surface area contributed by atoms with Crippen LogP contribution in [0.25, 0.3) is 182 Å². The maximum atomic E-state index is 6.73. The summed E-state index contributed by atoms with van der Waals surface area (Å²) in [5.74, 6) is 1.42. The summed E-state index contributed by atoms with van der Waals surface area (Å²) in [7, 11) is 0. The molecule has 0 saturated carbocycles. The molecule has 12 heteroatoms. The molecule has 0 aliphatic heterocycles. The minimum atomic E-state index is 0.474. The lowest BCUT2D eigenvalue weighted by atomic mass is 10.1. The first kappa shape index (κ1) is 69.3. The van der Waals surface area contributed by atoms with E-state index in [1.807, 2.05) is 36.4 Å². The number of hydrogen-bond donors (Lipinski definition) is 0. The highest BCUT2D eigenvalue weighted by molar-refractivity contribution is 6.15. The van der Waals surface area contributed by atoms with Crippen molar-refractivity contribution < 1.29 is 13.3 Å². The summed E-state index contributed by atoms with van der Waals surface area (Å²) >= 11 is 0. The molecule has 123 heavy (non-hydrogen) atoms. The summed E-state index contributed by atoms with van der Waals surface area (Å²) in [6.07, 6.45) is 0. The first-order valence-corrected chi connectivity index (χ1v) is 41.4. The molecule has 0 fully saturated rings. The SMILES string of the molecule is c1ccc(-n2c3ccccc3c3cc(N(c4cccc(-c5nc(-c6cccc(N(c7ccc8c(c7)oc7ccccc78)c7ccc8c(c7)c7ccccc7n8-c7ccccc7)c6)nc(-c6cccc(N(c7ccc8c(c7)oc7ccccc78)c7ccc8c(c7)c7ccccc7n8-c7ccccc7)c6)n5)c4)c4ccc5c(c4)oc4ccccc45)ccc32)cc1. The number of nitrogens with zero attached hydrogens (tertiary/aromatic N) is 9. The van der Waals surface area contributed by atoms with Gasteiger partial charge in [0.1, 0.15) is 33.5 Å². The van der Waals surface area contributed by atoms with E-state index in [1.54, 1.807) is 0 Å². The average Bonchev–Trinajstić information content (AvgIpc) is 1.61. The zero-order valence-electron chi connectivity index (χ0n) is 66.1. The van der Waals surface area contributed by atoms with E-state index in [9.17, 15) is 0 Å². The Morgan fingerprint density at radius 2 is 0.398 bits per heavy atom. The third-order valence-electron chi connectivity index (χ3n) is 24.4. The van der Waals surface area contributed by atoms with Crippen molar-refractivity contribution in [3.05, 3.63) is 419 Å². The van der Waals surface area contributed by atoms with Crippen LogP contribution in [0.5, 0.6) is 0 Å². The Balaban J connectivity index is 0.694. The molecule has 576 valence electrons. The van der Waals surface area contributed by atoms with Crippen molar-refractivity contribution in [3.63, 3.8) is 0 Å². The van der Waals surface area contributed by atoms with Crippen LogP contribution in [-0.4, -0.2) is 28.7 Å². The van der Waals surface area contributed by atoms with E-state index < -0.39 is 0 Å². The van der Waals surface area contributed by atoms with Crippen molar-refractivity contribution >= 4 is 182 Å². The molecule has 0 spiro atoms. The van der Waals surface area contributed by atoms with Crippen LogP contribution in [0.15, 0.2) is 432 Å². The van der Waals surface area contributed by atoms with Crippen LogP contribution in [0.2, 0.25) is 0 Å². The van der Waals surface area contributed by atoms with Crippen LogP contribution in [0.3, 0.4) is 0 Å². The monoisotopic (exact) mass is 1580 g/mol. The molecule has 0 bridgehead atoms. The molecule has 0 N–H and O–H groups in total. The van der Waals surface area contributed by atoms with E-state index in [-0.39, 0.29) is 0 Å². The zero-order chi connectivity index (χ0) is 80.7. The maximum Gasteiger partial charge on any atom is 0.164 e. The molecule has 7 heterocycles. The van der Waals surface area contributed by atoms with Gasteiger partial charge in [0.2, 0.25) is 0 Å². The highest BCUT2D eigenvalue weighted by Crippen LogP contribution is 2.49. The van der Waals surface area contributed by atoms with Crippen molar-refractivity contribution in [2.45, 2.75) is 0 Å². The quantitative estimate of drug-likeness (QED) is 0.0993. The summed E-state index contributed by atoms with van der Waals surface area (Å²) in [4.78, 5) is 24.0. The van der Waals surface area contributed by atoms with Gasteiger partial charge in [0.15, 0.2) is 17.5 Å². The molecule has 0 aliphatic rings. The molecule has 25 rings (SSSR count). The Morgan fingerprint density at radius 3 is 0.707 bits per heavy atom. The van der Waals surface area contributed by atoms with Crippen molar-refractivity contribution in [1.29, 1.82) is 0 Å². The first-order chi connectivity index (χ1) is 60.9. The fourth-order valence-corrected chi connectivity index (χ4v) is 18.9. The molecule has 0 radical (unpaired) electrons. The van der Waals surface area contributed by atoms with E-state index in [4.69, 9.17) is 28.2 Å². The average molecular weight is 1580 g/mol. The van der Waals surface area contributed by atoms with Gasteiger partial charge in [0.25, 0.3) is 0 Å². The van der Waals surface area contributed by atoms with Crippen molar-refractivity contribution in [3.8, 4) is 51.2 Å². The smallest absolute Gasteiger partial charge is 0.164 e. The highest BCUT2D eigenvalue weighted by Gasteiger charge is 2.27. The van der Waals surface area contributed by atoms with E-state index in [2.05, 4.69) is 411 Å². The number of aromatic nitrogens is 6. The van der Waals surface area contributed by atoms with Gasteiger partial charge in [0, 0.05) is 168 Å². The van der Waals surface area contributed by atoms with Gasteiger partial charge in [0.05, 0.1) is 33.1 Å². The molecule has 25 aromatic rings. The third kappa shape index (κ3) is 11.4. The fourth-order valence-electron chi connectivity index (χ4n) is 18.9. The van der Waals surface area contributed by atoms with Crippen molar-refractivity contribution in [2.24, 2.45) is 0 Å². The van der Waals surface area contributed by atoms with Crippen LogP contribution < -0.4 is 14.7 Å². The lowest BCUT2D eigenvalue weighted by Gasteiger charge is -2.26. The van der Waals surface area contributed by atoms with Gasteiger partial charge in [-0.2, -0.15) is 0 Å². The fraction of sp³-hybridized carbons (Fsp3) is 0. The van der Waals surface area contributed by atoms with Gasteiger partial charge in [-0.15, -0.1) is 0 Å². The number of anilines is 9. The predicted molar refractivity (Wildman–Crippen MR) is 505 cm³/mol. The molecular weight excluding hydrogens is 1510 g/mol. The van der Waals surface area contributed by atoms with E-state index in [0.717, 1.165) is 216 Å². The first-order valence-electron chi connectivity index (χ1n) is 41.4. The zero-order valence-corrected chi connectivity index (χ0v) is 66.1. The maximum absolute atomic E-state index is 6.73. The molecule has 0 amide bonds. The van der Waals surface area contributed by atoms with Crippen LogP contribution in [0.4, 0.5) is 51.2 Å². The molecule has 18 aromatic carbocycles. The number of benzene rings is 18. The van der Waals surface area contributed by atoms with Gasteiger partial charge in [-0.25, -0.2) is 15.0 Å². The van der Waals surface area contributed by atoms with Gasteiger partial charge < -0.3 is 41.7 Å². The topological polar surface area (TPSA) is 103 Å². The summed E-state index contributed by atoms with van der Waals surface area (Å²) in [5.41, 5.74) is 25.3. The van der Waals surface area contributed by atoms with Gasteiger partial charge in [-0.1, -0.05) is 200 Å². The minimum absolute atomic E-state index is 0.474. The standard InChI is InChI=1S/C111H69N9O3/c1-4-28-73(29-5-1)118-97-43-16-10-37-85(97)94-64-79(52-58-100(94)118)115(82-49-55-91-88-40-13-19-46-103(88)121-106(91)67-82)76-34-22-25-70(61-76)109-112-110(71-26-23-35-77(62-71)116(83-50-56-92-89-41-14-20-47-104(89)122-107(92)68-83)80-53-59-101-95(65-80)86-38-11-17-44-98(86)119(101)74-30-6-2-7-31-74)114-111(113-109)72-27-24-36-78(63-72)117(84-51-57-93-90-42-15-21-48-105(90)123-108(93)69-84)81-54-60-102-96(66-81)87-39-12-18-45-99(87)120(102)75-32-8-3-9-33-75/h1-69H. The number of furan rings is 3. The number of hydrogen-bond acceptors (Lipinski definition) is 9. The second kappa shape index (κ2) is 27.9. The van der Waals surface area contributed by atoms with Gasteiger partial charge in [-0.05, 0) is 200 Å². The molecule has 12 nitrogen and oxygen atoms in total. The van der Waals surface area contributed by atoms with Crippen molar-refractivity contribution in [1.82, 2.24) is 28.7 Å². The molecular formula is C111H69N9O3. The van der Waals surface area contributed by atoms with Crippen LogP contribution >= 0.6 is 0 Å². The summed E-state index contributed by atoms with van der Waals surface area (Å²) in [5, 5.41) is 13.1. The van der Waals surface area contributed by atoms with Crippen LogP contribution in [0, 0.1) is 0 Å². The second-order valence-corrected chi connectivity index (χ2v) is 31.5. The Labute approximate surface area is 704 Å². The number of rotatable bonds is 15. The second-order valence-electron chi connectivity index (χ2n) is 31.5.